The molecule has 122 valence electrons. The minimum atomic E-state index is -3.94. The predicted octanol–water partition coefficient (Wildman–Crippen LogP) is 2.48. The molecule has 0 heterocycles. The van der Waals surface area contributed by atoms with E-state index in [4.69, 9.17) is 5.14 Å². The first-order chi connectivity index (χ1) is 10.2. The smallest absolute Gasteiger partial charge is 0.271 e. The van der Waals surface area contributed by atoms with Crippen LogP contribution in [0.4, 0.5) is 11.4 Å². The third-order valence-electron chi connectivity index (χ3n) is 4.53. The lowest BCUT2D eigenvalue weighted by Crippen LogP contribution is -2.35. The van der Waals surface area contributed by atoms with Crippen LogP contribution in [0.3, 0.4) is 0 Å². The molecule has 0 amide bonds. The molecule has 0 radical (unpaired) electrons. The van der Waals surface area contributed by atoms with Crippen LogP contribution in [-0.2, 0) is 10.0 Å². The van der Waals surface area contributed by atoms with Gasteiger partial charge in [0.2, 0.25) is 10.0 Å². The van der Waals surface area contributed by atoms with Crippen LogP contribution in [0.15, 0.2) is 23.1 Å². The van der Waals surface area contributed by atoms with Gasteiger partial charge in [-0.15, -0.1) is 0 Å². The summed E-state index contributed by atoms with van der Waals surface area (Å²) in [5, 5.41) is 19.3. The molecule has 1 aromatic rings. The van der Waals surface area contributed by atoms with Crippen LogP contribution in [0.2, 0.25) is 0 Å². The molecule has 1 aliphatic carbocycles. The molecule has 0 spiro atoms. The zero-order chi connectivity index (χ0) is 16.5. The van der Waals surface area contributed by atoms with Gasteiger partial charge in [-0.2, -0.15) is 0 Å². The van der Waals surface area contributed by atoms with E-state index in [1.54, 1.807) is 0 Å². The third-order valence-corrected chi connectivity index (χ3v) is 5.50. The van der Waals surface area contributed by atoms with E-state index in [1.807, 2.05) is 0 Å². The standard InChI is InChI=1S/C14H21N3O4S/c1-9-4-3-5-12(10(9)2)16-13-8-11(17(18)19)6-7-14(13)22(15,20)21/h6-10,12,16H,3-5H2,1-2H3,(H2,15,20,21). The maximum atomic E-state index is 11.7. The van der Waals surface area contributed by atoms with Crippen molar-refractivity contribution in [3.8, 4) is 0 Å². The molecule has 3 unspecified atom stereocenters. The first-order valence-corrected chi connectivity index (χ1v) is 8.82. The first-order valence-electron chi connectivity index (χ1n) is 7.28. The Labute approximate surface area is 130 Å². The van der Waals surface area contributed by atoms with Gasteiger partial charge in [-0.3, -0.25) is 10.1 Å². The number of primary sulfonamides is 1. The lowest BCUT2D eigenvalue weighted by Gasteiger charge is -2.35. The normalized spacial score (nSPS) is 25.7. The van der Waals surface area contributed by atoms with Gasteiger partial charge in [0.25, 0.3) is 5.69 Å². The van der Waals surface area contributed by atoms with Gasteiger partial charge in [-0.25, -0.2) is 13.6 Å². The average molecular weight is 327 g/mol. The van der Waals surface area contributed by atoms with Gasteiger partial charge in [0.1, 0.15) is 4.90 Å². The maximum absolute atomic E-state index is 11.7. The second-order valence-electron chi connectivity index (χ2n) is 6.00. The highest BCUT2D eigenvalue weighted by molar-refractivity contribution is 7.89. The monoisotopic (exact) mass is 327 g/mol. The van der Waals surface area contributed by atoms with Crippen molar-refractivity contribution < 1.29 is 13.3 Å². The summed E-state index contributed by atoms with van der Waals surface area (Å²) in [6.07, 6.45) is 3.08. The zero-order valence-electron chi connectivity index (χ0n) is 12.7. The molecule has 3 N–H and O–H groups in total. The molecular weight excluding hydrogens is 306 g/mol. The Morgan fingerprint density at radius 1 is 1.32 bits per heavy atom. The van der Waals surface area contributed by atoms with E-state index in [0.717, 1.165) is 25.3 Å². The summed E-state index contributed by atoms with van der Waals surface area (Å²) in [7, 11) is -3.94. The van der Waals surface area contributed by atoms with Crippen LogP contribution < -0.4 is 10.5 Å². The van der Waals surface area contributed by atoms with Crippen LogP contribution in [0.25, 0.3) is 0 Å². The summed E-state index contributed by atoms with van der Waals surface area (Å²) < 4.78 is 23.4. The van der Waals surface area contributed by atoms with E-state index in [2.05, 4.69) is 19.2 Å². The molecule has 0 aromatic heterocycles. The highest BCUT2D eigenvalue weighted by Crippen LogP contribution is 2.34. The molecule has 1 aliphatic rings. The molecule has 3 atom stereocenters. The van der Waals surface area contributed by atoms with Crippen LogP contribution in [0, 0.1) is 22.0 Å². The summed E-state index contributed by atoms with van der Waals surface area (Å²) in [5.41, 5.74) is 0.0501. The number of nitrogens with zero attached hydrogens (tertiary/aromatic N) is 1. The summed E-state index contributed by atoms with van der Waals surface area (Å²) >= 11 is 0. The number of nitrogens with one attached hydrogen (secondary N) is 1. The number of nitrogens with two attached hydrogens (primary N) is 1. The first kappa shape index (κ1) is 16.7. The topological polar surface area (TPSA) is 115 Å². The fraction of sp³-hybridized carbons (Fsp3) is 0.571. The van der Waals surface area contributed by atoms with Crippen molar-refractivity contribution in [3.05, 3.63) is 28.3 Å². The highest BCUT2D eigenvalue weighted by atomic mass is 32.2. The number of non-ortho nitro benzene ring substituents is 1. The molecule has 0 aliphatic heterocycles. The zero-order valence-corrected chi connectivity index (χ0v) is 13.5. The van der Waals surface area contributed by atoms with E-state index in [-0.39, 0.29) is 22.3 Å². The Hall–Kier alpha value is -1.67. The van der Waals surface area contributed by atoms with Crippen LogP contribution in [0.5, 0.6) is 0 Å². The van der Waals surface area contributed by atoms with Crippen molar-refractivity contribution in [2.24, 2.45) is 17.0 Å². The second kappa shape index (κ2) is 6.21. The lowest BCUT2D eigenvalue weighted by atomic mass is 9.78. The number of anilines is 1. The Bertz CT molecular complexity index is 675. The van der Waals surface area contributed by atoms with Gasteiger partial charge >= 0.3 is 0 Å². The summed E-state index contributed by atoms with van der Waals surface area (Å²) in [5.74, 6) is 0.865. The van der Waals surface area contributed by atoms with Gasteiger partial charge in [-0.05, 0) is 24.3 Å². The molecule has 1 fully saturated rings. The molecule has 0 saturated heterocycles. The number of benzene rings is 1. The van der Waals surface area contributed by atoms with E-state index in [1.165, 1.54) is 12.1 Å². The van der Waals surface area contributed by atoms with Gasteiger partial charge in [0.05, 0.1) is 10.6 Å². The largest absolute Gasteiger partial charge is 0.381 e. The maximum Gasteiger partial charge on any atom is 0.271 e. The molecule has 2 rings (SSSR count). The Balaban J connectivity index is 2.39. The van der Waals surface area contributed by atoms with Crippen LogP contribution >= 0.6 is 0 Å². The number of sulfonamides is 1. The van der Waals surface area contributed by atoms with E-state index in [0.29, 0.717) is 11.8 Å². The molecule has 1 saturated carbocycles. The van der Waals surface area contributed by atoms with Crippen LogP contribution in [-0.4, -0.2) is 19.4 Å². The summed E-state index contributed by atoms with van der Waals surface area (Å²) in [4.78, 5) is 10.3. The fourth-order valence-electron chi connectivity index (χ4n) is 2.98. The van der Waals surface area contributed by atoms with E-state index >= 15 is 0 Å². The Kier molecular flexibility index (Phi) is 4.72. The Morgan fingerprint density at radius 3 is 2.59 bits per heavy atom. The lowest BCUT2D eigenvalue weighted by molar-refractivity contribution is -0.384. The number of hydrogen-bond acceptors (Lipinski definition) is 5. The van der Waals surface area contributed by atoms with Crippen molar-refractivity contribution in [2.45, 2.75) is 44.0 Å². The summed E-state index contributed by atoms with van der Waals surface area (Å²) in [6, 6.07) is 3.65. The van der Waals surface area contributed by atoms with Gasteiger partial charge in [-0.1, -0.05) is 26.7 Å². The van der Waals surface area contributed by atoms with Crippen molar-refractivity contribution in [1.29, 1.82) is 0 Å². The molecule has 8 heteroatoms. The van der Waals surface area contributed by atoms with Crippen LogP contribution in [0.1, 0.15) is 33.1 Å². The van der Waals surface area contributed by atoms with Gasteiger partial charge in [0, 0.05) is 18.2 Å². The van der Waals surface area contributed by atoms with Gasteiger partial charge < -0.3 is 5.32 Å². The number of rotatable bonds is 4. The second-order valence-corrected chi connectivity index (χ2v) is 7.53. The van der Waals surface area contributed by atoms with Gasteiger partial charge in [0.15, 0.2) is 0 Å². The molecule has 7 nitrogen and oxygen atoms in total. The molecule has 0 bridgehead atoms. The number of hydrogen-bond donors (Lipinski definition) is 2. The quantitative estimate of drug-likeness (QED) is 0.651. The molecule has 1 aromatic carbocycles. The van der Waals surface area contributed by atoms with E-state index in [9.17, 15) is 18.5 Å². The third kappa shape index (κ3) is 3.56. The molecular formula is C14H21N3O4S. The minimum absolute atomic E-state index is 0.0752. The van der Waals surface area contributed by atoms with Crippen molar-refractivity contribution in [2.75, 3.05) is 5.32 Å². The number of nitro benzene ring substituents is 1. The average Bonchev–Trinajstić information content (AvgIpc) is 2.42. The minimum Gasteiger partial charge on any atom is -0.381 e. The predicted molar refractivity (Wildman–Crippen MR) is 84.1 cm³/mol. The van der Waals surface area contributed by atoms with Crippen molar-refractivity contribution in [3.63, 3.8) is 0 Å². The fourth-order valence-corrected chi connectivity index (χ4v) is 3.66. The SMILES string of the molecule is CC1CCCC(Nc2cc([N+](=O)[O-])ccc2S(N)(=O)=O)C1C. The molecule has 22 heavy (non-hydrogen) atoms. The van der Waals surface area contributed by atoms with E-state index < -0.39 is 14.9 Å². The highest BCUT2D eigenvalue weighted by Gasteiger charge is 2.29. The number of nitro groups is 1. The Morgan fingerprint density at radius 2 is 2.00 bits per heavy atom. The summed E-state index contributed by atoms with van der Waals surface area (Å²) in [6.45, 7) is 4.27. The van der Waals surface area contributed by atoms with Crippen molar-refractivity contribution >= 4 is 21.4 Å². The van der Waals surface area contributed by atoms with Crippen molar-refractivity contribution in [1.82, 2.24) is 0 Å².